The van der Waals surface area contributed by atoms with Crippen LogP contribution in [0.4, 0.5) is 5.82 Å². The number of nitrogens with zero attached hydrogens (tertiary/aromatic N) is 3. The zero-order valence-electron chi connectivity index (χ0n) is 13.4. The van der Waals surface area contributed by atoms with Crippen molar-refractivity contribution in [2.75, 3.05) is 38.7 Å². The van der Waals surface area contributed by atoms with Gasteiger partial charge in [0.15, 0.2) is 5.58 Å². The molecule has 0 spiro atoms. The van der Waals surface area contributed by atoms with Crippen molar-refractivity contribution >= 4 is 16.8 Å². The average Bonchev–Trinajstić information content (AvgIpc) is 2.99. The number of nitrogens with one attached hydrogen (secondary N) is 1. The molecule has 0 unspecified atom stereocenters. The summed E-state index contributed by atoms with van der Waals surface area (Å²) in [7, 11) is 1.75. The summed E-state index contributed by atoms with van der Waals surface area (Å²) in [6.07, 6.45) is 5.00. The molecule has 6 nitrogen and oxygen atoms in total. The predicted molar refractivity (Wildman–Crippen MR) is 88.3 cm³/mol. The Balaban J connectivity index is 1.53. The van der Waals surface area contributed by atoms with Gasteiger partial charge in [0, 0.05) is 50.8 Å². The predicted octanol–water partition coefficient (Wildman–Crippen LogP) is 2.61. The van der Waals surface area contributed by atoms with E-state index in [1.54, 1.807) is 19.4 Å². The summed E-state index contributed by atoms with van der Waals surface area (Å²) >= 11 is 0. The number of likely N-dealkylation sites (tertiary alicyclic amines) is 1. The summed E-state index contributed by atoms with van der Waals surface area (Å²) in [4.78, 5) is 6.87. The molecule has 3 rings (SSSR count). The largest absolute Gasteiger partial charge is 0.444 e. The lowest BCUT2D eigenvalue weighted by molar-refractivity contribution is 0.159. The normalized spacial score (nSPS) is 16.5. The lowest BCUT2D eigenvalue weighted by Gasteiger charge is -2.32. The molecule has 6 heteroatoms. The molecule has 122 valence electrons. The van der Waals surface area contributed by atoms with Crippen LogP contribution in [-0.2, 0) is 4.74 Å². The highest BCUT2D eigenvalue weighted by Crippen LogP contribution is 2.22. The fourth-order valence-corrected chi connectivity index (χ4v) is 3.02. The molecule has 1 N–H and O–H groups in total. The van der Waals surface area contributed by atoms with E-state index in [4.69, 9.17) is 14.4 Å². The number of fused-ring (bicyclic) bond motifs is 1. The van der Waals surface area contributed by atoms with Gasteiger partial charge in [-0.1, -0.05) is 0 Å². The molecule has 0 bridgehead atoms. The number of methoxy groups -OCH3 is 1. The SMILES string of the molecule is COCCCN1CCC(Nc2cc3cc(C#N)oc3cn2)CC1. The van der Waals surface area contributed by atoms with Crippen molar-refractivity contribution in [3.05, 3.63) is 24.1 Å². The molecule has 1 aliphatic heterocycles. The van der Waals surface area contributed by atoms with Crippen LogP contribution in [0.5, 0.6) is 0 Å². The second-order valence-corrected chi connectivity index (χ2v) is 5.94. The Bertz CT molecular complexity index is 683. The molecule has 1 aliphatic rings. The summed E-state index contributed by atoms with van der Waals surface area (Å²) in [6.45, 7) is 4.15. The molecule has 1 saturated heterocycles. The van der Waals surface area contributed by atoms with Crippen molar-refractivity contribution in [3.8, 4) is 6.07 Å². The quantitative estimate of drug-likeness (QED) is 0.826. The van der Waals surface area contributed by atoms with Gasteiger partial charge < -0.3 is 19.4 Å². The second kappa shape index (κ2) is 7.44. The van der Waals surface area contributed by atoms with Crippen molar-refractivity contribution in [3.63, 3.8) is 0 Å². The van der Waals surface area contributed by atoms with Gasteiger partial charge in [-0.3, -0.25) is 0 Å². The van der Waals surface area contributed by atoms with E-state index in [1.807, 2.05) is 12.1 Å². The third kappa shape index (κ3) is 4.01. The number of nitriles is 1. The minimum Gasteiger partial charge on any atom is -0.444 e. The molecule has 0 radical (unpaired) electrons. The van der Waals surface area contributed by atoms with Gasteiger partial charge in [-0.25, -0.2) is 4.98 Å². The standard InChI is InChI=1S/C17H22N4O2/c1-22-8-2-5-21-6-3-14(4-7-21)20-17-10-13-9-15(11-18)23-16(13)12-19-17/h9-10,12,14H,2-8H2,1H3,(H,19,20). The Morgan fingerprint density at radius 2 is 2.26 bits per heavy atom. The number of piperidine rings is 1. The van der Waals surface area contributed by atoms with Gasteiger partial charge in [0.05, 0.1) is 6.20 Å². The van der Waals surface area contributed by atoms with Crippen LogP contribution in [0.2, 0.25) is 0 Å². The zero-order valence-corrected chi connectivity index (χ0v) is 13.4. The van der Waals surface area contributed by atoms with E-state index < -0.39 is 0 Å². The summed E-state index contributed by atoms with van der Waals surface area (Å²) in [6, 6.07) is 6.16. The first-order chi connectivity index (χ1) is 11.3. The highest BCUT2D eigenvalue weighted by atomic mass is 16.5. The maximum absolute atomic E-state index is 8.88. The molecule has 0 aliphatic carbocycles. The summed E-state index contributed by atoms with van der Waals surface area (Å²) in [5.74, 6) is 1.17. The minimum absolute atomic E-state index is 0.323. The second-order valence-electron chi connectivity index (χ2n) is 5.94. The first-order valence-electron chi connectivity index (χ1n) is 8.06. The molecule has 1 fully saturated rings. The van der Waals surface area contributed by atoms with E-state index in [2.05, 4.69) is 15.2 Å². The Morgan fingerprint density at radius 3 is 3.00 bits per heavy atom. The van der Waals surface area contributed by atoms with E-state index in [-0.39, 0.29) is 0 Å². The van der Waals surface area contributed by atoms with Crippen LogP contribution >= 0.6 is 0 Å². The number of rotatable bonds is 6. The molecule has 0 aromatic carbocycles. The van der Waals surface area contributed by atoms with Crippen molar-refractivity contribution in [2.45, 2.75) is 25.3 Å². The first-order valence-corrected chi connectivity index (χ1v) is 8.06. The van der Waals surface area contributed by atoms with E-state index in [9.17, 15) is 0 Å². The first kappa shape index (κ1) is 15.8. The van der Waals surface area contributed by atoms with Crippen LogP contribution < -0.4 is 5.32 Å². The number of hydrogen-bond donors (Lipinski definition) is 1. The van der Waals surface area contributed by atoms with E-state index in [1.165, 1.54) is 0 Å². The molecule has 23 heavy (non-hydrogen) atoms. The zero-order chi connectivity index (χ0) is 16.1. The number of aromatic nitrogens is 1. The average molecular weight is 314 g/mol. The van der Waals surface area contributed by atoms with Crippen LogP contribution in [0, 0.1) is 11.3 Å². The lowest BCUT2D eigenvalue weighted by atomic mass is 10.0. The number of anilines is 1. The van der Waals surface area contributed by atoms with Crippen LogP contribution in [0.15, 0.2) is 22.7 Å². The molecule has 0 saturated carbocycles. The van der Waals surface area contributed by atoms with Gasteiger partial charge in [-0.05, 0) is 25.3 Å². The fourth-order valence-electron chi connectivity index (χ4n) is 3.02. The van der Waals surface area contributed by atoms with E-state index in [0.717, 1.165) is 56.7 Å². The molecule has 2 aromatic heterocycles. The number of pyridine rings is 1. The molecular formula is C17H22N4O2. The van der Waals surface area contributed by atoms with Crippen molar-refractivity contribution in [1.29, 1.82) is 5.26 Å². The van der Waals surface area contributed by atoms with E-state index in [0.29, 0.717) is 17.4 Å². The van der Waals surface area contributed by atoms with Crippen molar-refractivity contribution in [1.82, 2.24) is 9.88 Å². The van der Waals surface area contributed by atoms with Gasteiger partial charge in [-0.15, -0.1) is 0 Å². The molecule has 3 heterocycles. The maximum atomic E-state index is 8.88. The highest BCUT2D eigenvalue weighted by molar-refractivity contribution is 5.80. The Morgan fingerprint density at radius 1 is 1.43 bits per heavy atom. The van der Waals surface area contributed by atoms with Gasteiger partial charge >= 0.3 is 0 Å². The van der Waals surface area contributed by atoms with Crippen LogP contribution in [0.1, 0.15) is 25.0 Å². The Hall–Kier alpha value is -2.10. The third-order valence-electron chi connectivity index (χ3n) is 4.28. The number of furan rings is 1. The minimum atomic E-state index is 0.323. The van der Waals surface area contributed by atoms with Crippen LogP contribution in [0.25, 0.3) is 11.0 Å². The topological polar surface area (TPSA) is 74.3 Å². The lowest BCUT2D eigenvalue weighted by Crippen LogP contribution is -2.39. The Labute approximate surface area is 136 Å². The van der Waals surface area contributed by atoms with Gasteiger partial charge in [0.2, 0.25) is 5.76 Å². The van der Waals surface area contributed by atoms with Crippen LogP contribution in [-0.4, -0.2) is 49.3 Å². The number of hydrogen-bond acceptors (Lipinski definition) is 6. The molecular weight excluding hydrogens is 292 g/mol. The Kier molecular flexibility index (Phi) is 5.11. The monoisotopic (exact) mass is 314 g/mol. The molecule has 0 atom stereocenters. The van der Waals surface area contributed by atoms with Crippen molar-refractivity contribution in [2.24, 2.45) is 0 Å². The van der Waals surface area contributed by atoms with Gasteiger partial charge in [0.25, 0.3) is 0 Å². The van der Waals surface area contributed by atoms with Crippen molar-refractivity contribution < 1.29 is 9.15 Å². The summed E-state index contributed by atoms with van der Waals surface area (Å²) in [5.41, 5.74) is 0.653. The number of ether oxygens (including phenoxy) is 1. The van der Waals surface area contributed by atoms with E-state index >= 15 is 0 Å². The third-order valence-corrected chi connectivity index (χ3v) is 4.28. The summed E-state index contributed by atoms with van der Waals surface area (Å²) < 4.78 is 10.5. The highest BCUT2D eigenvalue weighted by Gasteiger charge is 2.19. The van der Waals surface area contributed by atoms with Gasteiger partial charge in [-0.2, -0.15) is 5.26 Å². The fraction of sp³-hybridized carbons (Fsp3) is 0.529. The molecule has 0 amide bonds. The molecule has 2 aromatic rings. The maximum Gasteiger partial charge on any atom is 0.204 e. The smallest absolute Gasteiger partial charge is 0.204 e. The van der Waals surface area contributed by atoms with Crippen LogP contribution in [0.3, 0.4) is 0 Å². The van der Waals surface area contributed by atoms with Gasteiger partial charge in [0.1, 0.15) is 11.9 Å². The summed E-state index contributed by atoms with van der Waals surface area (Å²) in [5, 5.41) is 13.3.